The van der Waals surface area contributed by atoms with Gasteiger partial charge in [-0.25, -0.2) is 0 Å². The molecule has 2 saturated heterocycles. The highest BCUT2D eigenvalue weighted by Crippen LogP contribution is 2.39. The molecule has 0 bridgehead atoms. The quantitative estimate of drug-likeness (QED) is 0.731. The van der Waals surface area contributed by atoms with Gasteiger partial charge in [0.15, 0.2) is 0 Å². The Morgan fingerprint density at radius 2 is 2.00 bits per heavy atom. The fourth-order valence-corrected chi connectivity index (χ4v) is 4.60. The van der Waals surface area contributed by atoms with Gasteiger partial charge in [-0.1, -0.05) is 0 Å². The zero-order chi connectivity index (χ0) is 21.9. The Morgan fingerprint density at radius 3 is 2.84 bits per heavy atom. The van der Waals surface area contributed by atoms with Crippen LogP contribution in [-0.2, 0) is 9.53 Å². The second-order valence-electron chi connectivity index (χ2n) is 8.37. The van der Waals surface area contributed by atoms with Crippen LogP contribution in [0.25, 0.3) is 0 Å². The van der Waals surface area contributed by atoms with Crippen LogP contribution in [0.2, 0.25) is 0 Å². The van der Waals surface area contributed by atoms with E-state index in [-0.39, 0.29) is 17.9 Å². The predicted octanol–water partition coefficient (Wildman–Crippen LogP) is 2.89. The van der Waals surface area contributed by atoms with Crippen molar-refractivity contribution in [3.63, 3.8) is 0 Å². The summed E-state index contributed by atoms with van der Waals surface area (Å²) in [7, 11) is 0. The number of nitrogens with zero attached hydrogens (tertiary/aromatic N) is 4. The maximum absolute atomic E-state index is 12.8. The highest BCUT2D eigenvalue weighted by Gasteiger charge is 2.33. The van der Waals surface area contributed by atoms with Crippen molar-refractivity contribution in [3.8, 4) is 17.6 Å². The Kier molecular flexibility index (Phi) is 5.82. The number of benzene rings is 1. The first-order valence-corrected chi connectivity index (χ1v) is 11.1. The lowest BCUT2D eigenvalue weighted by atomic mass is 9.99. The lowest BCUT2D eigenvalue weighted by molar-refractivity contribution is -0.137. The van der Waals surface area contributed by atoms with E-state index in [1.54, 1.807) is 12.4 Å². The summed E-state index contributed by atoms with van der Waals surface area (Å²) in [6, 6.07) is 9.76. The number of carbonyl (C=O) groups excluding carboxylic acids is 1. The van der Waals surface area contributed by atoms with Gasteiger partial charge in [0, 0.05) is 44.4 Å². The summed E-state index contributed by atoms with van der Waals surface area (Å²) in [6.45, 7) is 3.89. The summed E-state index contributed by atoms with van der Waals surface area (Å²) < 4.78 is 17.5. The molecule has 1 aromatic heterocycles. The average molecular weight is 434 g/mol. The van der Waals surface area contributed by atoms with Gasteiger partial charge in [-0.3, -0.25) is 9.78 Å². The lowest BCUT2D eigenvalue weighted by Gasteiger charge is -2.31. The van der Waals surface area contributed by atoms with E-state index in [0.717, 1.165) is 48.7 Å². The van der Waals surface area contributed by atoms with Gasteiger partial charge >= 0.3 is 0 Å². The average Bonchev–Trinajstić information content (AvgIpc) is 3.32. The third-order valence-corrected chi connectivity index (χ3v) is 6.29. The number of nitriles is 1. The van der Waals surface area contributed by atoms with Crippen LogP contribution in [0.4, 0.5) is 11.4 Å². The molecule has 0 N–H and O–H groups in total. The van der Waals surface area contributed by atoms with E-state index in [2.05, 4.69) is 16.0 Å². The molecule has 1 unspecified atom stereocenters. The number of ether oxygens (including phenoxy) is 3. The Morgan fingerprint density at radius 1 is 1.12 bits per heavy atom. The maximum Gasteiger partial charge on any atom is 0.225 e. The van der Waals surface area contributed by atoms with Crippen molar-refractivity contribution in [2.45, 2.75) is 25.4 Å². The molecule has 0 aliphatic carbocycles. The number of anilines is 2. The number of aromatic nitrogens is 1. The summed E-state index contributed by atoms with van der Waals surface area (Å²) in [6.07, 6.45) is 5.71. The third-order valence-electron chi connectivity index (χ3n) is 6.29. The van der Waals surface area contributed by atoms with Crippen LogP contribution >= 0.6 is 0 Å². The number of hydrogen-bond acceptors (Lipinski definition) is 7. The van der Waals surface area contributed by atoms with Crippen LogP contribution in [0.15, 0.2) is 36.7 Å². The standard InChI is InChI=1S/C24H26N4O4/c25-13-17-11-19(15-26-14-17)28-7-10-31-23-2-1-20(12-22(23)28)32-21-3-6-27(16-21)24(29)18-4-8-30-9-5-18/h1-2,11-12,14-15,18,21H,3-10,16H2. The van der Waals surface area contributed by atoms with Crippen LogP contribution in [0.3, 0.4) is 0 Å². The molecule has 2 fully saturated rings. The Hall–Kier alpha value is -3.31. The predicted molar refractivity (Wildman–Crippen MR) is 117 cm³/mol. The van der Waals surface area contributed by atoms with Crippen molar-refractivity contribution in [1.82, 2.24) is 9.88 Å². The Labute approximate surface area is 187 Å². The number of carbonyl (C=O) groups is 1. The molecule has 5 rings (SSSR count). The second kappa shape index (κ2) is 9.05. The van der Waals surface area contributed by atoms with Crippen LogP contribution < -0.4 is 14.4 Å². The number of likely N-dealkylation sites (tertiary alicyclic amines) is 1. The first-order valence-electron chi connectivity index (χ1n) is 11.1. The first-order chi connectivity index (χ1) is 15.7. The van der Waals surface area contributed by atoms with Crippen molar-refractivity contribution in [2.24, 2.45) is 5.92 Å². The molecule has 8 nitrogen and oxygen atoms in total. The van der Waals surface area contributed by atoms with Gasteiger partial charge in [-0.05, 0) is 31.0 Å². The fourth-order valence-electron chi connectivity index (χ4n) is 4.60. The van der Waals surface area contributed by atoms with Crippen LogP contribution in [0, 0.1) is 17.2 Å². The molecule has 1 aromatic carbocycles. The van der Waals surface area contributed by atoms with E-state index in [9.17, 15) is 10.1 Å². The summed E-state index contributed by atoms with van der Waals surface area (Å²) >= 11 is 0. The van der Waals surface area contributed by atoms with E-state index in [4.69, 9.17) is 14.2 Å². The molecule has 4 heterocycles. The van der Waals surface area contributed by atoms with Gasteiger partial charge in [0.25, 0.3) is 0 Å². The van der Waals surface area contributed by atoms with Gasteiger partial charge in [-0.2, -0.15) is 5.26 Å². The molecule has 0 saturated carbocycles. The van der Waals surface area contributed by atoms with E-state index < -0.39 is 0 Å². The summed E-state index contributed by atoms with van der Waals surface area (Å²) in [4.78, 5) is 21.0. The van der Waals surface area contributed by atoms with Gasteiger partial charge in [-0.15, -0.1) is 0 Å². The molecule has 32 heavy (non-hydrogen) atoms. The zero-order valence-electron chi connectivity index (χ0n) is 17.9. The highest BCUT2D eigenvalue weighted by atomic mass is 16.5. The molecule has 8 heteroatoms. The fraction of sp³-hybridized carbons (Fsp3) is 0.458. The van der Waals surface area contributed by atoms with Gasteiger partial charge < -0.3 is 24.0 Å². The minimum atomic E-state index is -0.0293. The minimum absolute atomic E-state index is 0.0293. The first kappa shape index (κ1) is 20.6. The van der Waals surface area contributed by atoms with Crippen molar-refractivity contribution in [3.05, 3.63) is 42.2 Å². The van der Waals surface area contributed by atoms with E-state index in [0.29, 0.717) is 38.5 Å². The molecule has 166 valence electrons. The molecule has 3 aliphatic rings. The Bertz CT molecular complexity index is 1030. The third kappa shape index (κ3) is 4.21. The van der Waals surface area contributed by atoms with Crippen molar-refractivity contribution >= 4 is 17.3 Å². The molecular formula is C24H26N4O4. The Balaban J connectivity index is 1.29. The van der Waals surface area contributed by atoms with Crippen molar-refractivity contribution < 1.29 is 19.0 Å². The van der Waals surface area contributed by atoms with Crippen molar-refractivity contribution in [1.29, 1.82) is 5.26 Å². The van der Waals surface area contributed by atoms with Crippen LogP contribution in [-0.4, -0.2) is 61.3 Å². The van der Waals surface area contributed by atoms with Crippen LogP contribution in [0.1, 0.15) is 24.8 Å². The highest BCUT2D eigenvalue weighted by molar-refractivity contribution is 5.79. The van der Waals surface area contributed by atoms with Crippen molar-refractivity contribution in [2.75, 3.05) is 44.4 Å². The van der Waals surface area contributed by atoms with Gasteiger partial charge in [0.05, 0.1) is 36.2 Å². The normalized spacial score (nSPS) is 20.9. The molecule has 0 spiro atoms. The van der Waals surface area contributed by atoms with Gasteiger partial charge in [0.2, 0.25) is 5.91 Å². The molecule has 2 aromatic rings. The molecule has 1 atom stereocenters. The molecular weight excluding hydrogens is 408 g/mol. The smallest absolute Gasteiger partial charge is 0.225 e. The number of hydrogen-bond donors (Lipinski definition) is 0. The van der Waals surface area contributed by atoms with E-state index in [1.165, 1.54) is 0 Å². The van der Waals surface area contributed by atoms with E-state index in [1.807, 2.05) is 29.2 Å². The summed E-state index contributed by atoms with van der Waals surface area (Å²) in [5, 5.41) is 9.22. The number of amides is 1. The topological polar surface area (TPSA) is 87.9 Å². The minimum Gasteiger partial charge on any atom is -0.490 e. The van der Waals surface area contributed by atoms with Gasteiger partial charge in [0.1, 0.15) is 30.3 Å². The number of rotatable bonds is 4. The van der Waals surface area contributed by atoms with Crippen LogP contribution in [0.5, 0.6) is 11.5 Å². The molecule has 1 amide bonds. The lowest BCUT2D eigenvalue weighted by Crippen LogP contribution is -2.38. The molecule has 3 aliphatic heterocycles. The number of pyridine rings is 1. The zero-order valence-corrected chi connectivity index (χ0v) is 17.9. The van der Waals surface area contributed by atoms with E-state index >= 15 is 0 Å². The summed E-state index contributed by atoms with van der Waals surface area (Å²) in [5.41, 5.74) is 2.25. The molecule has 0 radical (unpaired) electrons. The monoisotopic (exact) mass is 434 g/mol. The largest absolute Gasteiger partial charge is 0.490 e. The number of fused-ring (bicyclic) bond motifs is 1. The second-order valence-corrected chi connectivity index (χ2v) is 8.37. The SMILES string of the molecule is N#Cc1cncc(N2CCOc3ccc(OC4CCN(C(=O)C5CCOCC5)C4)cc32)c1. The summed E-state index contributed by atoms with van der Waals surface area (Å²) in [5.74, 6) is 1.83. The maximum atomic E-state index is 12.8.